The highest BCUT2D eigenvalue weighted by Gasteiger charge is 2.61. The molecule has 296 valence electrons. The second kappa shape index (κ2) is 17.1. The van der Waals surface area contributed by atoms with E-state index in [9.17, 15) is 14.4 Å². The molecule has 2 aromatic carbocycles. The Labute approximate surface area is 314 Å². The van der Waals surface area contributed by atoms with Crippen LogP contribution in [-0.2, 0) is 77.8 Å². The van der Waals surface area contributed by atoms with Gasteiger partial charge >= 0.3 is 17.9 Å². The first-order chi connectivity index (χ1) is 25.7. The van der Waals surface area contributed by atoms with Crippen LogP contribution in [0.2, 0.25) is 0 Å². The molecule has 0 bridgehead atoms. The van der Waals surface area contributed by atoms with E-state index in [-0.39, 0.29) is 26.4 Å². The van der Waals surface area contributed by atoms with Crippen molar-refractivity contribution < 1.29 is 71.2 Å². The summed E-state index contributed by atoms with van der Waals surface area (Å²) in [6.07, 6.45) is -10.6. The number of fused-ring (bicyclic) bond motifs is 3. The maximum Gasteiger partial charge on any atom is 0.339 e. The Balaban J connectivity index is 1.35. The summed E-state index contributed by atoms with van der Waals surface area (Å²) in [5, 5.41) is 0. The van der Waals surface area contributed by atoms with E-state index >= 15 is 0 Å². The Morgan fingerprint density at radius 2 is 1.33 bits per heavy atom. The molecule has 0 saturated carbocycles. The predicted molar refractivity (Wildman–Crippen MR) is 185 cm³/mol. The second-order valence-corrected chi connectivity index (χ2v) is 14.4. The van der Waals surface area contributed by atoms with E-state index in [1.54, 1.807) is 65.0 Å². The molecular weight excluding hydrogens is 708 g/mol. The summed E-state index contributed by atoms with van der Waals surface area (Å²) in [4.78, 5) is 38.4. The lowest BCUT2D eigenvalue weighted by Gasteiger charge is -2.46. The van der Waals surface area contributed by atoms with Gasteiger partial charge in [0.05, 0.1) is 19.8 Å². The van der Waals surface area contributed by atoms with Crippen LogP contribution in [0, 0.1) is 0 Å². The van der Waals surface area contributed by atoms with Crippen molar-refractivity contribution in [1.82, 2.24) is 0 Å². The van der Waals surface area contributed by atoms with Crippen molar-refractivity contribution in [2.75, 3.05) is 19.8 Å². The van der Waals surface area contributed by atoms with Crippen LogP contribution in [0.4, 0.5) is 0 Å². The first-order valence-corrected chi connectivity index (χ1v) is 18.2. The molecule has 4 aliphatic rings. The van der Waals surface area contributed by atoms with Crippen LogP contribution in [0.25, 0.3) is 0 Å². The SMILES string of the molecule is CCOC(=O)[C@@H](O[C@H]1[C@@H](OC[C@H]2O[C@@H]3OC(C)(C)O[C@@H]3[C@H]3OC(C)(C)O[C@H]32)O[C@H](COC(C)=O)[C@@H](OCc2ccccc2)[C@@H]1OC(C)=O)c1ccccc1. The van der Waals surface area contributed by atoms with E-state index in [0.717, 1.165) is 5.56 Å². The molecular formula is C39H50O15. The topological polar surface area (TPSA) is 162 Å². The maximum atomic E-state index is 13.5. The van der Waals surface area contributed by atoms with Gasteiger partial charge in [-0.2, -0.15) is 0 Å². The monoisotopic (exact) mass is 758 g/mol. The third-order valence-corrected chi connectivity index (χ3v) is 9.20. The molecule has 11 atom stereocenters. The molecule has 2 aromatic rings. The summed E-state index contributed by atoms with van der Waals surface area (Å²) in [6.45, 7) is 11.1. The van der Waals surface area contributed by atoms with E-state index in [1.165, 1.54) is 13.8 Å². The van der Waals surface area contributed by atoms with Crippen molar-refractivity contribution in [2.45, 2.75) is 134 Å². The van der Waals surface area contributed by atoms with Crippen LogP contribution in [-0.4, -0.2) is 111 Å². The number of hydrogen-bond donors (Lipinski definition) is 0. The van der Waals surface area contributed by atoms with Crippen LogP contribution < -0.4 is 0 Å². The number of carbonyl (C=O) groups excluding carboxylic acids is 3. The molecule has 54 heavy (non-hydrogen) atoms. The van der Waals surface area contributed by atoms with Crippen LogP contribution in [0.3, 0.4) is 0 Å². The molecule has 4 fully saturated rings. The second-order valence-electron chi connectivity index (χ2n) is 14.4. The zero-order valence-corrected chi connectivity index (χ0v) is 31.6. The van der Waals surface area contributed by atoms with Crippen molar-refractivity contribution in [3.8, 4) is 0 Å². The first-order valence-electron chi connectivity index (χ1n) is 18.2. The van der Waals surface area contributed by atoms with Crippen LogP contribution >= 0.6 is 0 Å². The number of carbonyl (C=O) groups is 3. The first kappa shape index (κ1) is 40.2. The minimum Gasteiger partial charge on any atom is -0.464 e. The summed E-state index contributed by atoms with van der Waals surface area (Å²) in [7, 11) is 0. The molecule has 4 aliphatic heterocycles. The molecule has 4 heterocycles. The normalized spacial score (nSPS) is 32.9. The number of esters is 3. The fourth-order valence-electron chi connectivity index (χ4n) is 7.07. The van der Waals surface area contributed by atoms with Gasteiger partial charge in [0.15, 0.2) is 36.4 Å². The van der Waals surface area contributed by atoms with Crippen LogP contribution in [0.1, 0.15) is 65.7 Å². The Kier molecular flexibility index (Phi) is 12.7. The van der Waals surface area contributed by atoms with E-state index < -0.39 is 97.0 Å². The minimum absolute atomic E-state index is 0.0779. The zero-order valence-electron chi connectivity index (χ0n) is 31.6. The van der Waals surface area contributed by atoms with Gasteiger partial charge in [-0.25, -0.2) is 4.79 Å². The molecule has 0 aromatic heterocycles. The summed E-state index contributed by atoms with van der Waals surface area (Å²) in [5.41, 5.74) is 1.30. The van der Waals surface area contributed by atoms with E-state index in [2.05, 4.69) is 0 Å². The molecule has 15 heteroatoms. The molecule has 0 unspecified atom stereocenters. The highest BCUT2D eigenvalue weighted by atomic mass is 16.9. The molecule has 4 saturated heterocycles. The van der Waals surface area contributed by atoms with Gasteiger partial charge in [0.2, 0.25) is 0 Å². The third kappa shape index (κ3) is 9.64. The fraction of sp³-hybridized carbons (Fsp3) is 0.615. The summed E-state index contributed by atoms with van der Waals surface area (Å²) in [6, 6.07) is 18.1. The lowest BCUT2D eigenvalue weighted by Crippen LogP contribution is -2.63. The van der Waals surface area contributed by atoms with Crippen LogP contribution in [0.15, 0.2) is 60.7 Å². The molecule has 0 amide bonds. The van der Waals surface area contributed by atoms with Gasteiger partial charge in [-0.1, -0.05) is 60.7 Å². The van der Waals surface area contributed by atoms with E-state index in [0.29, 0.717) is 5.56 Å². The number of benzene rings is 2. The quantitative estimate of drug-likeness (QED) is 0.201. The van der Waals surface area contributed by atoms with Gasteiger partial charge in [0, 0.05) is 13.8 Å². The third-order valence-electron chi connectivity index (χ3n) is 9.20. The van der Waals surface area contributed by atoms with Crippen LogP contribution in [0.5, 0.6) is 0 Å². The number of ether oxygens (including phenoxy) is 12. The largest absolute Gasteiger partial charge is 0.464 e. The molecule has 0 spiro atoms. The number of rotatable bonds is 14. The lowest BCUT2D eigenvalue weighted by molar-refractivity contribution is -0.334. The lowest BCUT2D eigenvalue weighted by atomic mass is 9.97. The fourth-order valence-corrected chi connectivity index (χ4v) is 7.07. The van der Waals surface area contributed by atoms with Gasteiger partial charge in [-0.05, 0) is 45.7 Å². The van der Waals surface area contributed by atoms with Crippen molar-refractivity contribution >= 4 is 17.9 Å². The Hall–Kier alpha value is -3.51. The van der Waals surface area contributed by atoms with Crippen molar-refractivity contribution in [1.29, 1.82) is 0 Å². The van der Waals surface area contributed by atoms with Crippen molar-refractivity contribution in [3.63, 3.8) is 0 Å². The van der Waals surface area contributed by atoms with Gasteiger partial charge in [-0.3, -0.25) is 9.59 Å². The Morgan fingerprint density at radius 3 is 2.00 bits per heavy atom. The van der Waals surface area contributed by atoms with Crippen molar-refractivity contribution in [3.05, 3.63) is 71.8 Å². The van der Waals surface area contributed by atoms with Gasteiger partial charge in [0.25, 0.3) is 0 Å². The summed E-state index contributed by atoms with van der Waals surface area (Å²) >= 11 is 0. The molecule has 0 N–H and O–H groups in total. The molecule has 0 aliphatic carbocycles. The smallest absolute Gasteiger partial charge is 0.339 e. The molecule has 0 radical (unpaired) electrons. The standard InChI is InChI=1S/C39H50O15/c1-8-43-35(42)28(25-17-13-10-14-18-25)50-33-31(47-23(3)41)29(45-19-24-15-11-9-12-16-24)26(20-44-22(2)40)48-36(33)46-21-27-30-32(52-38(4,5)51-30)34-37(49-27)54-39(6,7)53-34/h9-18,26-34,36-37H,8,19-21H2,1-7H3/t26-,27-,28+,29-,30+,31+,32+,33-,34-,36+,37-/m1/s1. The Bertz CT molecular complexity index is 1570. The maximum absolute atomic E-state index is 13.5. The van der Waals surface area contributed by atoms with E-state index in [1.807, 2.05) is 30.3 Å². The number of hydrogen-bond acceptors (Lipinski definition) is 15. The summed E-state index contributed by atoms with van der Waals surface area (Å²) < 4.78 is 74.0. The van der Waals surface area contributed by atoms with E-state index in [4.69, 9.17) is 56.8 Å². The highest BCUT2D eigenvalue weighted by molar-refractivity contribution is 5.76. The Morgan fingerprint density at radius 1 is 0.685 bits per heavy atom. The van der Waals surface area contributed by atoms with Gasteiger partial charge in [-0.15, -0.1) is 0 Å². The van der Waals surface area contributed by atoms with Crippen molar-refractivity contribution in [2.24, 2.45) is 0 Å². The average molecular weight is 759 g/mol. The molecule has 15 nitrogen and oxygen atoms in total. The average Bonchev–Trinajstić information content (AvgIpc) is 3.62. The predicted octanol–water partition coefficient (Wildman–Crippen LogP) is 3.89. The van der Waals surface area contributed by atoms with Gasteiger partial charge < -0.3 is 56.8 Å². The summed E-state index contributed by atoms with van der Waals surface area (Å²) in [5.74, 6) is -3.81. The highest BCUT2D eigenvalue weighted by Crippen LogP contribution is 2.44. The zero-order chi connectivity index (χ0) is 38.6. The van der Waals surface area contributed by atoms with Gasteiger partial charge in [0.1, 0.15) is 49.3 Å². The minimum atomic E-state index is -1.35. The molecule has 6 rings (SSSR count).